The Balaban J connectivity index is 1.62. The first-order valence-electron chi connectivity index (χ1n) is 7.24. The molecule has 1 aliphatic rings. The fraction of sp³-hybridized carbons (Fsp3) is 0.222. The first kappa shape index (κ1) is 14.2. The molecule has 0 atom stereocenters. The average Bonchev–Trinajstić information content (AvgIpc) is 2.59. The fourth-order valence-electron chi connectivity index (χ4n) is 2.59. The van der Waals surface area contributed by atoms with Crippen molar-refractivity contribution in [3.8, 4) is 6.07 Å². The zero-order valence-corrected chi connectivity index (χ0v) is 12.2. The SMILES string of the molecule is N#Cc1ccc2c(c1)CCN(C(=O)OCc1ccccc1)C2. The van der Waals surface area contributed by atoms with Gasteiger partial charge >= 0.3 is 6.09 Å². The van der Waals surface area contributed by atoms with E-state index in [0.29, 0.717) is 18.7 Å². The number of hydrogen-bond acceptors (Lipinski definition) is 3. The number of carbonyl (C=O) groups is 1. The van der Waals surface area contributed by atoms with Crippen molar-refractivity contribution in [2.24, 2.45) is 0 Å². The zero-order valence-electron chi connectivity index (χ0n) is 12.2. The topological polar surface area (TPSA) is 53.3 Å². The molecule has 110 valence electrons. The number of carbonyl (C=O) groups excluding carboxylic acids is 1. The van der Waals surface area contributed by atoms with Crippen LogP contribution in [0.15, 0.2) is 48.5 Å². The van der Waals surface area contributed by atoms with Gasteiger partial charge in [-0.2, -0.15) is 5.26 Å². The third-order valence-electron chi connectivity index (χ3n) is 3.81. The summed E-state index contributed by atoms with van der Waals surface area (Å²) in [6.45, 7) is 1.45. The van der Waals surface area contributed by atoms with Crippen molar-refractivity contribution >= 4 is 6.09 Å². The quantitative estimate of drug-likeness (QED) is 0.853. The van der Waals surface area contributed by atoms with Crippen LogP contribution in [0, 0.1) is 11.3 Å². The summed E-state index contributed by atoms with van der Waals surface area (Å²) in [5.41, 5.74) is 3.87. The van der Waals surface area contributed by atoms with Gasteiger partial charge in [-0.3, -0.25) is 0 Å². The van der Waals surface area contributed by atoms with Crippen LogP contribution in [0.3, 0.4) is 0 Å². The third-order valence-corrected chi connectivity index (χ3v) is 3.81. The number of nitriles is 1. The van der Waals surface area contributed by atoms with Crippen LogP contribution in [-0.2, 0) is 24.3 Å². The largest absolute Gasteiger partial charge is 0.445 e. The van der Waals surface area contributed by atoms with Crippen LogP contribution in [0.4, 0.5) is 4.79 Å². The Morgan fingerprint density at radius 2 is 2.00 bits per heavy atom. The Bertz CT molecular complexity index is 720. The van der Waals surface area contributed by atoms with E-state index >= 15 is 0 Å². The van der Waals surface area contributed by atoms with E-state index in [0.717, 1.165) is 23.1 Å². The van der Waals surface area contributed by atoms with Gasteiger partial charge in [-0.15, -0.1) is 0 Å². The molecule has 0 saturated heterocycles. The predicted molar refractivity (Wildman–Crippen MR) is 81.9 cm³/mol. The second kappa shape index (κ2) is 6.31. The molecule has 1 aliphatic heterocycles. The van der Waals surface area contributed by atoms with Crippen molar-refractivity contribution in [3.05, 3.63) is 70.8 Å². The Labute approximate surface area is 129 Å². The molecule has 0 spiro atoms. The second-order valence-corrected chi connectivity index (χ2v) is 5.31. The molecule has 0 saturated carbocycles. The summed E-state index contributed by atoms with van der Waals surface area (Å²) in [5.74, 6) is 0. The van der Waals surface area contributed by atoms with Crippen molar-refractivity contribution in [1.82, 2.24) is 4.90 Å². The standard InChI is InChI=1S/C18H16N2O2/c19-11-15-6-7-17-12-20(9-8-16(17)10-15)18(21)22-13-14-4-2-1-3-5-14/h1-7,10H,8-9,12-13H2. The fourth-order valence-corrected chi connectivity index (χ4v) is 2.59. The maximum Gasteiger partial charge on any atom is 0.410 e. The van der Waals surface area contributed by atoms with Gasteiger partial charge in [-0.1, -0.05) is 36.4 Å². The predicted octanol–water partition coefficient (Wildman–Crippen LogP) is 3.25. The molecule has 22 heavy (non-hydrogen) atoms. The molecular weight excluding hydrogens is 276 g/mol. The molecule has 0 bridgehead atoms. The number of amides is 1. The van der Waals surface area contributed by atoms with Crippen LogP contribution >= 0.6 is 0 Å². The van der Waals surface area contributed by atoms with Crippen LogP contribution in [0.2, 0.25) is 0 Å². The highest BCUT2D eigenvalue weighted by molar-refractivity contribution is 5.68. The third kappa shape index (κ3) is 3.09. The summed E-state index contributed by atoms with van der Waals surface area (Å²) in [6.07, 6.45) is 0.463. The van der Waals surface area contributed by atoms with Gasteiger partial charge in [-0.25, -0.2) is 4.79 Å². The van der Waals surface area contributed by atoms with E-state index < -0.39 is 0 Å². The van der Waals surface area contributed by atoms with E-state index in [1.807, 2.05) is 42.5 Å². The number of fused-ring (bicyclic) bond motifs is 1. The van der Waals surface area contributed by atoms with Crippen molar-refractivity contribution in [2.45, 2.75) is 19.6 Å². The molecular formula is C18H16N2O2. The lowest BCUT2D eigenvalue weighted by Gasteiger charge is -2.28. The van der Waals surface area contributed by atoms with Crippen LogP contribution in [0.25, 0.3) is 0 Å². The molecule has 4 heteroatoms. The van der Waals surface area contributed by atoms with Gasteiger partial charge in [0.25, 0.3) is 0 Å². The summed E-state index contributed by atoms with van der Waals surface area (Å²) in [4.78, 5) is 13.9. The van der Waals surface area contributed by atoms with Crippen molar-refractivity contribution < 1.29 is 9.53 Å². The minimum atomic E-state index is -0.293. The lowest BCUT2D eigenvalue weighted by molar-refractivity contribution is 0.0918. The minimum Gasteiger partial charge on any atom is -0.445 e. The maximum atomic E-state index is 12.2. The van der Waals surface area contributed by atoms with Gasteiger partial charge < -0.3 is 9.64 Å². The number of hydrogen-bond donors (Lipinski definition) is 0. The smallest absolute Gasteiger partial charge is 0.410 e. The zero-order chi connectivity index (χ0) is 15.4. The molecule has 0 unspecified atom stereocenters. The lowest BCUT2D eigenvalue weighted by atomic mass is 9.98. The number of nitrogens with zero attached hydrogens (tertiary/aromatic N) is 2. The van der Waals surface area contributed by atoms with Gasteiger partial charge in [0.05, 0.1) is 11.6 Å². The van der Waals surface area contributed by atoms with Crippen LogP contribution < -0.4 is 0 Å². The Kier molecular flexibility index (Phi) is 4.06. The summed E-state index contributed by atoms with van der Waals surface area (Å²) in [6, 6.07) is 17.4. The molecule has 0 radical (unpaired) electrons. The highest BCUT2D eigenvalue weighted by Crippen LogP contribution is 2.21. The Hall–Kier alpha value is -2.80. The molecule has 1 amide bonds. The summed E-state index contributed by atoms with van der Waals surface area (Å²) in [5, 5.41) is 8.92. The van der Waals surface area contributed by atoms with Gasteiger partial charge in [0.1, 0.15) is 6.61 Å². The Morgan fingerprint density at radius 1 is 1.18 bits per heavy atom. The van der Waals surface area contributed by atoms with Crippen LogP contribution in [-0.4, -0.2) is 17.5 Å². The summed E-state index contributed by atoms with van der Waals surface area (Å²) >= 11 is 0. The molecule has 0 fully saturated rings. The van der Waals surface area contributed by atoms with E-state index in [-0.39, 0.29) is 12.7 Å². The van der Waals surface area contributed by atoms with E-state index in [4.69, 9.17) is 10.00 Å². The minimum absolute atomic E-state index is 0.288. The van der Waals surface area contributed by atoms with Gasteiger partial charge in [0.2, 0.25) is 0 Å². The normalized spacial score (nSPS) is 13.1. The highest BCUT2D eigenvalue weighted by Gasteiger charge is 2.21. The van der Waals surface area contributed by atoms with Crippen LogP contribution in [0.1, 0.15) is 22.3 Å². The summed E-state index contributed by atoms with van der Waals surface area (Å²) in [7, 11) is 0. The van der Waals surface area contributed by atoms with E-state index in [9.17, 15) is 4.79 Å². The molecule has 0 aliphatic carbocycles. The molecule has 1 heterocycles. The van der Waals surface area contributed by atoms with E-state index in [1.54, 1.807) is 11.0 Å². The number of rotatable bonds is 2. The maximum absolute atomic E-state index is 12.2. The molecule has 4 nitrogen and oxygen atoms in total. The van der Waals surface area contributed by atoms with Crippen molar-refractivity contribution in [1.29, 1.82) is 5.26 Å². The van der Waals surface area contributed by atoms with Gasteiger partial charge in [0.15, 0.2) is 0 Å². The first-order chi connectivity index (χ1) is 10.8. The van der Waals surface area contributed by atoms with Crippen molar-refractivity contribution in [3.63, 3.8) is 0 Å². The molecule has 0 aromatic heterocycles. The Morgan fingerprint density at radius 3 is 2.77 bits per heavy atom. The summed E-state index contributed by atoms with van der Waals surface area (Å²) < 4.78 is 5.36. The molecule has 2 aromatic rings. The second-order valence-electron chi connectivity index (χ2n) is 5.31. The molecule has 2 aromatic carbocycles. The number of ether oxygens (including phenoxy) is 1. The molecule has 3 rings (SSSR count). The first-order valence-corrected chi connectivity index (χ1v) is 7.24. The lowest BCUT2D eigenvalue weighted by Crippen LogP contribution is -2.36. The number of benzene rings is 2. The van der Waals surface area contributed by atoms with Crippen LogP contribution in [0.5, 0.6) is 0 Å². The van der Waals surface area contributed by atoms with Gasteiger partial charge in [0, 0.05) is 13.1 Å². The average molecular weight is 292 g/mol. The molecule has 0 N–H and O–H groups in total. The van der Waals surface area contributed by atoms with E-state index in [2.05, 4.69) is 6.07 Å². The van der Waals surface area contributed by atoms with Crippen molar-refractivity contribution in [2.75, 3.05) is 6.54 Å². The van der Waals surface area contributed by atoms with E-state index in [1.165, 1.54) is 0 Å². The van der Waals surface area contributed by atoms with Gasteiger partial charge in [-0.05, 0) is 35.2 Å². The monoisotopic (exact) mass is 292 g/mol. The highest BCUT2D eigenvalue weighted by atomic mass is 16.6.